The van der Waals surface area contributed by atoms with E-state index in [1.54, 1.807) is 6.07 Å². The molecule has 0 spiro atoms. The number of phenolic OH excluding ortho intramolecular Hbond substituents is 1. The summed E-state index contributed by atoms with van der Waals surface area (Å²) in [6.07, 6.45) is 3.39. The van der Waals surface area contributed by atoms with E-state index in [0.717, 1.165) is 18.8 Å². The van der Waals surface area contributed by atoms with Gasteiger partial charge in [0.25, 0.3) is 0 Å². The highest BCUT2D eigenvalue weighted by atomic mass is 16.3. The minimum Gasteiger partial charge on any atom is -0.508 e. The number of phenols is 1. The minimum absolute atomic E-state index is 0.486. The zero-order chi connectivity index (χ0) is 8.55. The molecule has 0 bridgehead atoms. The molecule has 0 fully saturated rings. The SMILES string of the molecule is CC1CCc2c(O)cccc2C1. The number of aromatic hydroxyl groups is 1. The Kier molecular flexibility index (Phi) is 1.80. The van der Waals surface area contributed by atoms with Crippen LogP contribution in [0.3, 0.4) is 0 Å². The van der Waals surface area contributed by atoms with Gasteiger partial charge in [0.2, 0.25) is 0 Å². The molecule has 1 heteroatoms. The third-order valence-electron chi connectivity index (χ3n) is 2.70. The second-order valence-electron chi connectivity index (χ2n) is 3.76. The van der Waals surface area contributed by atoms with Crippen LogP contribution in [0.5, 0.6) is 5.75 Å². The van der Waals surface area contributed by atoms with Gasteiger partial charge in [-0.3, -0.25) is 0 Å². The van der Waals surface area contributed by atoms with Gasteiger partial charge in [-0.05, 0) is 42.4 Å². The van der Waals surface area contributed by atoms with Crippen LogP contribution >= 0.6 is 0 Å². The predicted octanol–water partition coefficient (Wildman–Crippen LogP) is 2.52. The molecule has 0 radical (unpaired) electrons. The lowest BCUT2D eigenvalue weighted by atomic mass is 9.85. The van der Waals surface area contributed by atoms with Crippen molar-refractivity contribution in [3.8, 4) is 5.75 Å². The van der Waals surface area contributed by atoms with Crippen molar-refractivity contribution >= 4 is 0 Å². The maximum Gasteiger partial charge on any atom is 0.119 e. The van der Waals surface area contributed by atoms with E-state index >= 15 is 0 Å². The average molecular weight is 162 g/mol. The molecular weight excluding hydrogens is 148 g/mol. The Balaban J connectivity index is 2.42. The van der Waals surface area contributed by atoms with Crippen LogP contribution in [0.4, 0.5) is 0 Å². The first-order chi connectivity index (χ1) is 5.77. The van der Waals surface area contributed by atoms with Gasteiger partial charge < -0.3 is 5.11 Å². The first-order valence-corrected chi connectivity index (χ1v) is 4.57. The molecular formula is C11H14O. The van der Waals surface area contributed by atoms with E-state index < -0.39 is 0 Å². The van der Waals surface area contributed by atoms with Gasteiger partial charge in [0, 0.05) is 0 Å². The highest BCUT2D eigenvalue weighted by Crippen LogP contribution is 2.30. The highest BCUT2D eigenvalue weighted by Gasteiger charge is 2.16. The summed E-state index contributed by atoms with van der Waals surface area (Å²) in [5, 5.41) is 9.54. The van der Waals surface area contributed by atoms with Gasteiger partial charge in [0.05, 0.1) is 0 Å². The van der Waals surface area contributed by atoms with E-state index in [2.05, 4.69) is 13.0 Å². The Bertz CT molecular complexity index is 291. The summed E-state index contributed by atoms with van der Waals surface area (Å²) in [7, 11) is 0. The van der Waals surface area contributed by atoms with E-state index in [0.29, 0.717) is 5.75 Å². The lowest BCUT2D eigenvalue weighted by molar-refractivity contribution is 0.444. The van der Waals surface area contributed by atoms with Crippen molar-refractivity contribution < 1.29 is 5.11 Å². The second kappa shape index (κ2) is 2.81. The number of hydrogen-bond acceptors (Lipinski definition) is 1. The standard InChI is InChI=1S/C11H14O/c1-8-5-6-10-9(7-8)3-2-4-11(10)12/h2-4,8,12H,5-7H2,1H3. The summed E-state index contributed by atoms with van der Waals surface area (Å²) in [6, 6.07) is 5.85. The minimum atomic E-state index is 0.486. The maximum atomic E-state index is 9.54. The molecule has 1 aliphatic rings. The van der Waals surface area contributed by atoms with Crippen molar-refractivity contribution in [1.82, 2.24) is 0 Å². The summed E-state index contributed by atoms with van der Waals surface area (Å²) < 4.78 is 0. The molecule has 1 aromatic rings. The number of rotatable bonds is 0. The first-order valence-electron chi connectivity index (χ1n) is 4.57. The van der Waals surface area contributed by atoms with Crippen molar-refractivity contribution in [2.45, 2.75) is 26.2 Å². The third-order valence-corrected chi connectivity index (χ3v) is 2.70. The molecule has 0 heterocycles. The van der Waals surface area contributed by atoms with Gasteiger partial charge in [-0.15, -0.1) is 0 Å². The van der Waals surface area contributed by atoms with Crippen molar-refractivity contribution in [2.75, 3.05) is 0 Å². The van der Waals surface area contributed by atoms with Gasteiger partial charge >= 0.3 is 0 Å². The summed E-state index contributed by atoms with van der Waals surface area (Å²) in [5.41, 5.74) is 2.52. The zero-order valence-electron chi connectivity index (χ0n) is 7.38. The summed E-state index contributed by atoms with van der Waals surface area (Å²) in [4.78, 5) is 0. The van der Waals surface area contributed by atoms with E-state index in [-0.39, 0.29) is 0 Å². The molecule has 1 aromatic carbocycles. The number of benzene rings is 1. The molecule has 0 saturated heterocycles. The Morgan fingerprint density at radius 1 is 1.42 bits per heavy atom. The number of hydrogen-bond donors (Lipinski definition) is 1. The molecule has 12 heavy (non-hydrogen) atoms. The molecule has 1 atom stereocenters. The molecule has 1 aliphatic carbocycles. The van der Waals surface area contributed by atoms with Gasteiger partial charge in [-0.2, -0.15) is 0 Å². The van der Waals surface area contributed by atoms with Crippen molar-refractivity contribution in [1.29, 1.82) is 0 Å². The molecule has 1 unspecified atom stereocenters. The van der Waals surface area contributed by atoms with Crippen molar-refractivity contribution in [3.05, 3.63) is 29.3 Å². The van der Waals surface area contributed by atoms with Crippen LogP contribution in [0, 0.1) is 5.92 Å². The second-order valence-corrected chi connectivity index (χ2v) is 3.76. The molecule has 64 valence electrons. The average Bonchev–Trinajstić information content (AvgIpc) is 2.04. The Morgan fingerprint density at radius 2 is 2.25 bits per heavy atom. The highest BCUT2D eigenvalue weighted by molar-refractivity contribution is 5.40. The van der Waals surface area contributed by atoms with Gasteiger partial charge in [0.1, 0.15) is 5.75 Å². The molecule has 0 aliphatic heterocycles. The summed E-state index contributed by atoms with van der Waals surface area (Å²) in [6.45, 7) is 2.27. The van der Waals surface area contributed by atoms with Gasteiger partial charge in [-0.1, -0.05) is 19.1 Å². The Hall–Kier alpha value is -0.980. The fourth-order valence-electron chi connectivity index (χ4n) is 1.97. The fraction of sp³-hybridized carbons (Fsp3) is 0.455. The largest absolute Gasteiger partial charge is 0.508 e. The quantitative estimate of drug-likeness (QED) is 0.621. The van der Waals surface area contributed by atoms with E-state index in [9.17, 15) is 5.11 Å². The summed E-state index contributed by atoms with van der Waals surface area (Å²) in [5.74, 6) is 1.26. The Morgan fingerprint density at radius 3 is 3.08 bits per heavy atom. The predicted molar refractivity (Wildman–Crippen MR) is 49.3 cm³/mol. The van der Waals surface area contributed by atoms with E-state index in [1.165, 1.54) is 17.5 Å². The van der Waals surface area contributed by atoms with Crippen LogP contribution in [-0.4, -0.2) is 5.11 Å². The molecule has 1 nitrogen and oxygen atoms in total. The first kappa shape index (κ1) is 7.66. The van der Waals surface area contributed by atoms with Gasteiger partial charge in [-0.25, -0.2) is 0 Å². The normalized spacial score (nSPS) is 21.9. The monoisotopic (exact) mass is 162 g/mol. The smallest absolute Gasteiger partial charge is 0.119 e. The fourth-order valence-corrected chi connectivity index (χ4v) is 1.97. The van der Waals surface area contributed by atoms with Crippen molar-refractivity contribution in [2.24, 2.45) is 5.92 Å². The van der Waals surface area contributed by atoms with Crippen LogP contribution in [0.2, 0.25) is 0 Å². The Labute approximate surface area is 73.0 Å². The maximum absolute atomic E-state index is 9.54. The molecule has 0 aromatic heterocycles. The topological polar surface area (TPSA) is 20.2 Å². The molecule has 2 rings (SSSR count). The van der Waals surface area contributed by atoms with Crippen LogP contribution in [0.1, 0.15) is 24.5 Å². The van der Waals surface area contributed by atoms with Crippen LogP contribution in [0.15, 0.2) is 18.2 Å². The lowest BCUT2D eigenvalue weighted by Gasteiger charge is -2.21. The number of fused-ring (bicyclic) bond motifs is 1. The lowest BCUT2D eigenvalue weighted by Crippen LogP contribution is -2.10. The van der Waals surface area contributed by atoms with Gasteiger partial charge in [0.15, 0.2) is 0 Å². The molecule has 1 N–H and O–H groups in total. The third kappa shape index (κ3) is 1.20. The van der Waals surface area contributed by atoms with Crippen LogP contribution in [0.25, 0.3) is 0 Å². The van der Waals surface area contributed by atoms with Crippen LogP contribution < -0.4 is 0 Å². The van der Waals surface area contributed by atoms with Crippen LogP contribution in [-0.2, 0) is 12.8 Å². The van der Waals surface area contributed by atoms with E-state index in [1.807, 2.05) is 6.07 Å². The van der Waals surface area contributed by atoms with Crippen molar-refractivity contribution in [3.63, 3.8) is 0 Å². The zero-order valence-corrected chi connectivity index (χ0v) is 7.38. The summed E-state index contributed by atoms with van der Waals surface area (Å²) >= 11 is 0. The molecule has 0 amide bonds. The van der Waals surface area contributed by atoms with E-state index in [4.69, 9.17) is 0 Å². The molecule has 0 saturated carbocycles.